The van der Waals surface area contributed by atoms with E-state index in [0.717, 1.165) is 24.3 Å². The van der Waals surface area contributed by atoms with Crippen molar-refractivity contribution in [3.05, 3.63) is 58.9 Å². The molecule has 0 radical (unpaired) electrons. The van der Waals surface area contributed by atoms with Crippen molar-refractivity contribution >= 4 is 11.6 Å². The second-order valence-electron chi connectivity index (χ2n) is 5.87. The number of ether oxygens (including phenoxy) is 1. The van der Waals surface area contributed by atoms with E-state index in [4.69, 9.17) is 4.74 Å². The molecule has 3 rings (SSSR count). The van der Waals surface area contributed by atoms with Crippen LogP contribution in [-0.2, 0) is 17.6 Å². The third kappa shape index (κ3) is 3.07. The third-order valence-corrected chi connectivity index (χ3v) is 4.32. The van der Waals surface area contributed by atoms with Crippen LogP contribution in [0.5, 0.6) is 5.75 Å². The Morgan fingerprint density at radius 3 is 2.87 bits per heavy atom. The van der Waals surface area contributed by atoms with E-state index in [2.05, 4.69) is 6.92 Å². The lowest BCUT2D eigenvalue weighted by molar-refractivity contribution is -0.118. The highest BCUT2D eigenvalue weighted by Crippen LogP contribution is 2.38. The van der Waals surface area contributed by atoms with Crippen LogP contribution in [0.4, 0.5) is 10.1 Å². The predicted octanol–water partition coefficient (Wildman–Crippen LogP) is 3.66. The SMILES string of the molecule is COc1ccc(C)c2c1N(C(=O)Cc1cccc(F)c1)CCC2. The quantitative estimate of drug-likeness (QED) is 0.865. The summed E-state index contributed by atoms with van der Waals surface area (Å²) in [6.45, 7) is 2.72. The molecule has 0 saturated carbocycles. The van der Waals surface area contributed by atoms with Gasteiger partial charge < -0.3 is 9.64 Å². The van der Waals surface area contributed by atoms with Gasteiger partial charge in [-0.3, -0.25) is 4.79 Å². The maximum Gasteiger partial charge on any atom is 0.231 e. The highest BCUT2D eigenvalue weighted by Gasteiger charge is 2.27. The van der Waals surface area contributed by atoms with Crippen LogP contribution in [-0.4, -0.2) is 19.6 Å². The summed E-state index contributed by atoms with van der Waals surface area (Å²) in [5.41, 5.74) is 3.90. The first-order valence-electron chi connectivity index (χ1n) is 7.81. The first-order valence-corrected chi connectivity index (χ1v) is 7.81. The van der Waals surface area contributed by atoms with Crippen LogP contribution in [0.2, 0.25) is 0 Å². The molecule has 1 aliphatic heterocycles. The summed E-state index contributed by atoms with van der Waals surface area (Å²) in [6.07, 6.45) is 2.06. The molecule has 0 N–H and O–H groups in total. The largest absolute Gasteiger partial charge is 0.495 e. The Hall–Kier alpha value is -2.36. The summed E-state index contributed by atoms with van der Waals surface area (Å²) >= 11 is 0. The van der Waals surface area contributed by atoms with Crippen LogP contribution < -0.4 is 9.64 Å². The summed E-state index contributed by atoms with van der Waals surface area (Å²) in [4.78, 5) is 14.6. The van der Waals surface area contributed by atoms with Gasteiger partial charge in [-0.25, -0.2) is 4.39 Å². The van der Waals surface area contributed by atoms with Gasteiger partial charge in [-0.2, -0.15) is 0 Å². The van der Waals surface area contributed by atoms with Gasteiger partial charge in [0.25, 0.3) is 0 Å². The van der Waals surface area contributed by atoms with Crippen LogP contribution in [0.1, 0.15) is 23.1 Å². The van der Waals surface area contributed by atoms with Crippen LogP contribution in [0.15, 0.2) is 36.4 Å². The van der Waals surface area contributed by atoms with E-state index < -0.39 is 0 Å². The fraction of sp³-hybridized carbons (Fsp3) is 0.316. The van der Waals surface area contributed by atoms with E-state index in [0.29, 0.717) is 12.1 Å². The number of aryl methyl sites for hydroxylation is 1. The second kappa shape index (κ2) is 6.41. The maximum atomic E-state index is 13.3. The molecule has 23 heavy (non-hydrogen) atoms. The molecule has 0 bridgehead atoms. The molecule has 0 saturated heterocycles. The van der Waals surface area contributed by atoms with E-state index in [9.17, 15) is 9.18 Å². The van der Waals surface area contributed by atoms with Gasteiger partial charge in [0.05, 0.1) is 19.2 Å². The lowest BCUT2D eigenvalue weighted by Gasteiger charge is -2.32. The van der Waals surface area contributed by atoms with Gasteiger partial charge in [0.1, 0.15) is 11.6 Å². The molecule has 4 heteroatoms. The number of benzene rings is 2. The number of hydrogen-bond acceptors (Lipinski definition) is 2. The molecule has 120 valence electrons. The second-order valence-corrected chi connectivity index (χ2v) is 5.87. The minimum absolute atomic E-state index is 0.0274. The molecule has 1 aliphatic rings. The number of carbonyl (C=O) groups excluding carboxylic acids is 1. The van der Waals surface area contributed by atoms with Crippen molar-refractivity contribution in [2.24, 2.45) is 0 Å². The van der Waals surface area contributed by atoms with Crippen molar-refractivity contribution in [3.63, 3.8) is 0 Å². The minimum atomic E-state index is -0.317. The monoisotopic (exact) mass is 313 g/mol. The molecular formula is C19H20FNO2. The summed E-state index contributed by atoms with van der Waals surface area (Å²) in [5.74, 6) is 0.376. The lowest BCUT2D eigenvalue weighted by Crippen LogP contribution is -2.37. The molecule has 0 spiro atoms. The number of nitrogens with zero attached hydrogens (tertiary/aromatic N) is 1. The number of hydrogen-bond donors (Lipinski definition) is 0. The standard InChI is InChI=1S/C19H20FNO2/c1-13-8-9-17(23-2)19-16(13)7-4-10-21(19)18(22)12-14-5-3-6-15(20)11-14/h3,5-6,8-9,11H,4,7,10,12H2,1-2H3. The van der Waals surface area contributed by atoms with Crippen molar-refractivity contribution < 1.29 is 13.9 Å². The van der Waals surface area contributed by atoms with Crippen LogP contribution in [0.3, 0.4) is 0 Å². The van der Waals surface area contributed by atoms with E-state index in [1.807, 2.05) is 12.1 Å². The number of amides is 1. The minimum Gasteiger partial charge on any atom is -0.495 e. The van der Waals surface area contributed by atoms with Gasteiger partial charge in [0, 0.05) is 6.54 Å². The molecule has 0 unspecified atom stereocenters. The van der Waals surface area contributed by atoms with Crippen molar-refractivity contribution in [3.8, 4) is 5.75 Å². The molecular weight excluding hydrogens is 293 g/mol. The lowest BCUT2D eigenvalue weighted by atomic mass is 9.95. The zero-order chi connectivity index (χ0) is 16.4. The molecule has 2 aromatic rings. The van der Waals surface area contributed by atoms with Crippen LogP contribution in [0, 0.1) is 12.7 Å². The van der Waals surface area contributed by atoms with Gasteiger partial charge in [-0.15, -0.1) is 0 Å². The number of anilines is 1. The van der Waals surface area contributed by atoms with Crippen molar-refractivity contribution in [1.29, 1.82) is 0 Å². The Bertz CT molecular complexity index is 742. The molecule has 1 heterocycles. The van der Waals surface area contributed by atoms with E-state index >= 15 is 0 Å². The van der Waals surface area contributed by atoms with E-state index in [1.54, 1.807) is 24.1 Å². The Balaban J connectivity index is 1.93. The number of carbonyl (C=O) groups is 1. The summed E-state index contributed by atoms with van der Waals surface area (Å²) in [6, 6.07) is 10.1. The van der Waals surface area contributed by atoms with Crippen molar-refractivity contribution in [2.75, 3.05) is 18.6 Å². The molecule has 0 aromatic heterocycles. The Labute approximate surface area is 135 Å². The molecule has 0 aliphatic carbocycles. The number of methoxy groups -OCH3 is 1. The fourth-order valence-electron chi connectivity index (χ4n) is 3.18. The fourth-order valence-corrected chi connectivity index (χ4v) is 3.18. The highest BCUT2D eigenvalue weighted by molar-refractivity contribution is 5.97. The van der Waals surface area contributed by atoms with Gasteiger partial charge in [0.15, 0.2) is 0 Å². The van der Waals surface area contributed by atoms with Crippen LogP contribution >= 0.6 is 0 Å². The third-order valence-electron chi connectivity index (χ3n) is 4.32. The summed E-state index contributed by atoms with van der Waals surface area (Å²) in [5, 5.41) is 0. The maximum absolute atomic E-state index is 13.3. The normalized spacial score (nSPS) is 13.6. The van der Waals surface area contributed by atoms with Gasteiger partial charge in [-0.1, -0.05) is 18.2 Å². The number of halogens is 1. The highest BCUT2D eigenvalue weighted by atomic mass is 19.1. The van der Waals surface area contributed by atoms with E-state index in [-0.39, 0.29) is 18.1 Å². The van der Waals surface area contributed by atoms with Crippen molar-refractivity contribution in [2.45, 2.75) is 26.2 Å². The first kappa shape index (κ1) is 15.5. The molecule has 3 nitrogen and oxygen atoms in total. The zero-order valence-corrected chi connectivity index (χ0v) is 13.4. The zero-order valence-electron chi connectivity index (χ0n) is 13.4. The first-order chi connectivity index (χ1) is 11.1. The average Bonchev–Trinajstić information content (AvgIpc) is 2.55. The molecule has 1 amide bonds. The Morgan fingerprint density at radius 1 is 1.30 bits per heavy atom. The number of fused-ring (bicyclic) bond motifs is 1. The average molecular weight is 313 g/mol. The van der Waals surface area contributed by atoms with Crippen molar-refractivity contribution in [1.82, 2.24) is 0 Å². The molecule has 2 aromatic carbocycles. The summed E-state index contributed by atoms with van der Waals surface area (Å²) < 4.78 is 18.8. The molecule has 0 fully saturated rings. The van der Waals surface area contributed by atoms with Gasteiger partial charge in [0.2, 0.25) is 5.91 Å². The smallest absolute Gasteiger partial charge is 0.231 e. The van der Waals surface area contributed by atoms with Gasteiger partial charge in [-0.05, 0) is 54.7 Å². The molecule has 0 atom stereocenters. The summed E-state index contributed by atoms with van der Waals surface area (Å²) in [7, 11) is 1.62. The number of rotatable bonds is 3. The predicted molar refractivity (Wildman–Crippen MR) is 88.5 cm³/mol. The Morgan fingerprint density at radius 2 is 2.13 bits per heavy atom. The topological polar surface area (TPSA) is 29.5 Å². The Kier molecular flexibility index (Phi) is 4.33. The van der Waals surface area contributed by atoms with Gasteiger partial charge >= 0.3 is 0 Å². The van der Waals surface area contributed by atoms with Crippen LogP contribution in [0.25, 0.3) is 0 Å². The van der Waals surface area contributed by atoms with E-state index in [1.165, 1.54) is 23.3 Å².